The van der Waals surface area contributed by atoms with Gasteiger partial charge in [0.05, 0.1) is 25.3 Å². The van der Waals surface area contributed by atoms with E-state index in [2.05, 4.69) is 35.1 Å². The average molecular weight is 434 g/mol. The van der Waals surface area contributed by atoms with Crippen LogP contribution < -0.4 is 5.32 Å². The summed E-state index contributed by atoms with van der Waals surface area (Å²) >= 11 is 0. The first kappa shape index (κ1) is 21.9. The van der Waals surface area contributed by atoms with E-state index in [0.29, 0.717) is 34.4 Å². The maximum atomic E-state index is 12.9. The quantitative estimate of drug-likeness (QED) is 0.535. The normalized spacial score (nSPS) is 14.3. The molecule has 0 bridgehead atoms. The van der Waals surface area contributed by atoms with Gasteiger partial charge in [-0.2, -0.15) is 0 Å². The molecule has 0 spiro atoms. The number of aromatic nitrogens is 5. The fourth-order valence-corrected chi connectivity index (χ4v) is 3.59. The van der Waals surface area contributed by atoms with Crippen molar-refractivity contribution in [1.82, 2.24) is 29.8 Å². The number of aryl methyl sites for hydroxylation is 2. The number of Topliss-reactive ketones (excluding diaryl/α,β-unsaturated/α-hetero) is 1. The molecule has 166 valence electrons. The first-order valence-electron chi connectivity index (χ1n) is 10.8. The van der Waals surface area contributed by atoms with Gasteiger partial charge in [0.25, 0.3) is 0 Å². The lowest BCUT2D eigenvalue weighted by Gasteiger charge is -2.26. The van der Waals surface area contributed by atoms with Gasteiger partial charge in [0.15, 0.2) is 11.6 Å². The molecule has 0 amide bonds. The fraction of sp³-hybridized carbons (Fsp3) is 0.391. The minimum absolute atomic E-state index is 0.0764. The summed E-state index contributed by atoms with van der Waals surface area (Å²) in [4.78, 5) is 37.3. The van der Waals surface area contributed by atoms with Crippen molar-refractivity contribution in [1.29, 1.82) is 0 Å². The SMILES string of the molecule is Cc1nc(CC(=O)c2ccc(NCCN3CCOCC3)nc2C)nc(-c2ccccn2)n1. The van der Waals surface area contributed by atoms with Gasteiger partial charge in [0.1, 0.15) is 23.2 Å². The van der Waals surface area contributed by atoms with Crippen LogP contribution in [0.3, 0.4) is 0 Å². The Labute approximate surface area is 187 Å². The monoisotopic (exact) mass is 433 g/mol. The summed E-state index contributed by atoms with van der Waals surface area (Å²) in [7, 11) is 0. The third-order valence-electron chi connectivity index (χ3n) is 5.23. The maximum Gasteiger partial charge on any atom is 0.181 e. The Balaban J connectivity index is 1.39. The fourth-order valence-electron chi connectivity index (χ4n) is 3.59. The van der Waals surface area contributed by atoms with E-state index in [0.717, 1.165) is 45.2 Å². The Hall–Kier alpha value is -3.30. The molecule has 4 heterocycles. The number of carbonyl (C=O) groups is 1. The highest BCUT2D eigenvalue weighted by molar-refractivity contribution is 5.98. The molecule has 0 unspecified atom stereocenters. The lowest BCUT2D eigenvalue weighted by atomic mass is 10.1. The van der Waals surface area contributed by atoms with E-state index in [-0.39, 0.29) is 12.2 Å². The zero-order valence-electron chi connectivity index (χ0n) is 18.4. The Morgan fingerprint density at radius 2 is 1.91 bits per heavy atom. The first-order valence-corrected chi connectivity index (χ1v) is 10.8. The van der Waals surface area contributed by atoms with Gasteiger partial charge < -0.3 is 10.1 Å². The van der Waals surface area contributed by atoms with Crippen molar-refractivity contribution in [3.8, 4) is 11.5 Å². The molecule has 0 aliphatic carbocycles. The number of carbonyl (C=O) groups excluding carboxylic acids is 1. The van der Waals surface area contributed by atoms with Gasteiger partial charge in [-0.15, -0.1) is 0 Å². The summed E-state index contributed by atoms with van der Waals surface area (Å²) in [5, 5.41) is 3.34. The van der Waals surface area contributed by atoms with Crippen LogP contribution in [0.5, 0.6) is 0 Å². The topological polar surface area (TPSA) is 106 Å². The molecule has 3 aromatic heterocycles. The van der Waals surface area contributed by atoms with Gasteiger partial charge >= 0.3 is 0 Å². The standard InChI is InChI=1S/C23H27N7O2/c1-16-18(6-7-21(26-16)25-9-10-30-11-13-32-14-12-30)20(31)15-22-27-17(2)28-23(29-22)19-5-3-4-8-24-19/h3-8H,9-15H2,1-2H3,(H,25,26). The van der Waals surface area contributed by atoms with E-state index in [1.165, 1.54) is 0 Å². The molecule has 0 radical (unpaired) electrons. The minimum Gasteiger partial charge on any atom is -0.379 e. The van der Waals surface area contributed by atoms with Gasteiger partial charge in [0, 0.05) is 37.9 Å². The summed E-state index contributed by atoms with van der Waals surface area (Å²) in [5.41, 5.74) is 1.90. The van der Waals surface area contributed by atoms with Gasteiger partial charge in [-0.05, 0) is 38.1 Å². The zero-order valence-corrected chi connectivity index (χ0v) is 18.4. The van der Waals surface area contributed by atoms with Crippen LogP contribution in [0.15, 0.2) is 36.5 Å². The van der Waals surface area contributed by atoms with E-state index in [4.69, 9.17) is 4.74 Å². The molecular formula is C23H27N7O2. The van der Waals surface area contributed by atoms with E-state index < -0.39 is 0 Å². The lowest BCUT2D eigenvalue weighted by Crippen LogP contribution is -2.39. The summed E-state index contributed by atoms with van der Waals surface area (Å²) in [6, 6.07) is 9.20. The number of morpholine rings is 1. The van der Waals surface area contributed by atoms with Crippen LogP contribution in [0.2, 0.25) is 0 Å². The van der Waals surface area contributed by atoms with Crippen LogP contribution in [0.25, 0.3) is 11.5 Å². The number of ether oxygens (including phenoxy) is 1. The largest absolute Gasteiger partial charge is 0.379 e. The molecule has 1 aliphatic rings. The van der Waals surface area contributed by atoms with Gasteiger partial charge in [-0.25, -0.2) is 19.9 Å². The number of rotatable bonds is 8. The molecule has 32 heavy (non-hydrogen) atoms. The molecule has 1 aliphatic heterocycles. The van der Waals surface area contributed by atoms with Gasteiger partial charge in [-0.1, -0.05) is 6.07 Å². The zero-order chi connectivity index (χ0) is 22.3. The van der Waals surface area contributed by atoms with E-state index >= 15 is 0 Å². The molecule has 0 saturated carbocycles. The van der Waals surface area contributed by atoms with Crippen molar-refractivity contribution < 1.29 is 9.53 Å². The summed E-state index contributed by atoms with van der Waals surface area (Å²) < 4.78 is 5.37. The highest BCUT2D eigenvalue weighted by Gasteiger charge is 2.16. The second kappa shape index (κ2) is 10.3. The number of nitrogens with one attached hydrogen (secondary N) is 1. The van der Waals surface area contributed by atoms with Crippen LogP contribution in [0.1, 0.15) is 27.7 Å². The predicted molar refractivity (Wildman–Crippen MR) is 121 cm³/mol. The number of ketones is 1. The first-order chi connectivity index (χ1) is 15.6. The van der Waals surface area contributed by atoms with Crippen LogP contribution in [0, 0.1) is 13.8 Å². The number of pyridine rings is 2. The molecule has 0 aromatic carbocycles. The van der Waals surface area contributed by atoms with Crippen molar-refractivity contribution in [3.05, 3.63) is 59.4 Å². The molecule has 4 rings (SSSR count). The Kier molecular flexibility index (Phi) is 7.08. The third-order valence-corrected chi connectivity index (χ3v) is 5.23. The highest BCUT2D eigenvalue weighted by atomic mass is 16.5. The van der Waals surface area contributed by atoms with Crippen molar-refractivity contribution in [2.24, 2.45) is 0 Å². The number of hydrogen-bond donors (Lipinski definition) is 1. The van der Waals surface area contributed by atoms with Gasteiger partial charge in [-0.3, -0.25) is 14.7 Å². The summed E-state index contributed by atoms with van der Waals surface area (Å²) in [6.07, 6.45) is 1.76. The second-order valence-corrected chi connectivity index (χ2v) is 7.65. The predicted octanol–water partition coefficient (Wildman–Crippen LogP) is 2.11. The summed E-state index contributed by atoms with van der Waals surface area (Å²) in [6.45, 7) is 8.85. The number of anilines is 1. The molecule has 1 N–H and O–H groups in total. The van der Waals surface area contributed by atoms with E-state index in [1.807, 2.05) is 37.3 Å². The number of nitrogens with zero attached hydrogens (tertiary/aromatic N) is 6. The van der Waals surface area contributed by atoms with Crippen molar-refractivity contribution in [2.75, 3.05) is 44.7 Å². The van der Waals surface area contributed by atoms with E-state index in [9.17, 15) is 4.79 Å². The second-order valence-electron chi connectivity index (χ2n) is 7.65. The lowest BCUT2D eigenvalue weighted by molar-refractivity contribution is 0.0398. The Morgan fingerprint density at radius 1 is 1.06 bits per heavy atom. The molecule has 3 aromatic rings. The van der Waals surface area contributed by atoms with E-state index in [1.54, 1.807) is 13.1 Å². The maximum absolute atomic E-state index is 12.9. The van der Waals surface area contributed by atoms with Crippen LogP contribution >= 0.6 is 0 Å². The molecule has 1 saturated heterocycles. The Bertz CT molecular complexity index is 1070. The van der Waals surface area contributed by atoms with Crippen molar-refractivity contribution >= 4 is 11.6 Å². The number of hydrogen-bond acceptors (Lipinski definition) is 9. The highest BCUT2D eigenvalue weighted by Crippen LogP contribution is 2.15. The minimum atomic E-state index is -0.0764. The average Bonchev–Trinajstić information content (AvgIpc) is 2.80. The Morgan fingerprint density at radius 3 is 2.66 bits per heavy atom. The van der Waals surface area contributed by atoms with Crippen molar-refractivity contribution in [2.45, 2.75) is 20.3 Å². The summed E-state index contributed by atoms with van der Waals surface area (Å²) in [5.74, 6) is 2.14. The smallest absolute Gasteiger partial charge is 0.181 e. The molecule has 9 heteroatoms. The third kappa shape index (κ3) is 5.68. The molecular weight excluding hydrogens is 406 g/mol. The van der Waals surface area contributed by atoms with Gasteiger partial charge in [0.2, 0.25) is 0 Å². The van der Waals surface area contributed by atoms with Crippen LogP contribution in [0.4, 0.5) is 5.82 Å². The molecule has 9 nitrogen and oxygen atoms in total. The van der Waals surface area contributed by atoms with Crippen LogP contribution in [-0.2, 0) is 11.2 Å². The molecule has 1 fully saturated rings. The van der Waals surface area contributed by atoms with Crippen LogP contribution in [-0.4, -0.2) is 75.0 Å². The van der Waals surface area contributed by atoms with Crippen molar-refractivity contribution in [3.63, 3.8) is 0 Å². The molecule has 0 atom stereocenters.